The van der Waals surface area contributed by atoms with Gasteiger partial charge in [-0.15, -0.1) is 0 Å². The van der Waals surface area contributed by atoms with Crippen LogP contribution in [0.15, 0.2) is 18.2 Å². The number of imide groups is 1. The van der Waals surface area contributed by atoms with E-state index in [1.165, 1.54) is 12.1 Å². The zero-order valence-electron chi connectivity index (χ0n) is 11.7. The van der Waals surface area contributed by atoms with Crippen LogP contribution < -0.4 is 16.0 Å². The van der Waals surface area contributed by atoms with Crippen molar-refractivity contribution < 1.29 is 14.0 Å². The van der Waals surface area contributed by atoms with Gasteiger partial charge in [-0.1, -0.05) is 0 Å². The van der Waals surface area contributed by atoms with Crippen LogP contribution in [0.3, 0.4) is 0 Å². The number of hydrogen-bond acceptors (Lipinski definition) is 4. The third-order valence-corrected chi connectivity index (χ3v) is 3.56. The molecule has 1 aromatic rings. The molecule has 1 saturated heterocycles. The van der Waals surface area contributed by atoms with Crippen LogP contribution in [0.4, 0.5) is 10.1 Å². The minimum atomic E-state index is -0.907. The molecule has 1 heterocycles. The van der Waals surface area contributed by atoms with Gasteiger partial charge in [0, 0.05) is 11.7 Å². The molecule has 20 heavy (non-hydrogen) atoms. The molecule has 0 bridgehead atoms. The summed E-state index contributed by atoms with van der Waals surface area (Å²) in [5.41, 5.74) is 6.14. The van der Waals surface area contributed by atoms with E-state index in [0.717, 1.165) is 0 Å². The highest BCUT2D eigenvalue weighted by Gasteiger charge is 2.41. The van der Waals surface area contributed by atoms with E-state index in [1.54, 1.807) is 31.7 Å². The third-order valence-electron chi connectivity index (χ3n) is 3.56. The van der Waals surface area contributed by atoms with Crippen molar-refractivity contribution in [1.82, 2.24) is 5.32 Å². The van der Waals surface area contributed by atoms with Gasteiger partial charge in [0.15, 0.2) is 0 Å². The number of piperazine rings is 1. The number of carbonyl (C=O) groups excluding carboxylic acids is 2. The Balaban J connectivity index is 2.54. The fourth-order valence-corrected chi connectivity index (χ4v) is 2.31. The molecule has 3 N–H and O–H groups in total. The summed E-state index contributed by atoms with van der Waals surface area (Å²) < 4.78 is 13.4. The summed E-state index contributed by atoms with van der Waals surface area (Å²) in [6, 6.07) is 3.79. The average Bonchev–Trinajstić information content (AvgIpc) is 2.34. The number of hydrogen-bond donors (Lipinski definition) is 2. The van der Waals surface area contributed by atoms with Crippen LogP contribution in [0, 0.1) is 5.82 Å². The fourth-order valence-electron chi connectivity index (χ4n) is 2.31. The van der Waals surface area contributed by atoms with Crippen LogP contribution in [-0.2, 0) is 9.59 Å². The SMILES string of the molecule is C[C@H](N)c1cc(F)ccc1N1CC(=O)NC(=O)C1(C)C. The number of nitrogens with two attached hydrogens (primary N) is 1. The lowest BCUT2D eigenvalue weighted by molar-refractivity contribution is -0.135. The summed E-state index contributed by atoms with van der Waals surface area (Å²) in [6.45, 7) is 5.19. The molecule has 2 amide bonds. The van der Waals surface area contributed by atoms with Crippen LogP contribution in [0.2, 0.25) is 0 Å². The standard InChI is InChI=1S/C14H18FN3O2/c1-8(16)10-6-9(15)4-5-11(10)18-7-12(19)17-13(20)14(18,2)3/h4-6,8H,7,16H2,1-3H3,(H,17,19,20)/t8-/m0/s1. The van der Waals surface area contributed by atoms with E-state index < -0.39 is 17.4 Å². The topological polar surface area (TPSA) is 75.4 Å². The second-order valence-corrected chi connectivity index (χ2v) is 5.51. The van der Waals surface area contributed by atoms with Crippen molar-refractivity contribution in [2.24, 2.45) is 5.73 Å². The summed E-state index contributed by atoms with van der Waals surface area (Å²) in [5, 5.41) is 2.30. The monoisotopic (exact) mass is 279 g/mol. The lowest BCUT2D eigenvalue weighted by Crippen LogP contribution is -2.64. The molecule has 0 spiro atoms. The van der Waals surface area contributed by atoms with Crippen molar-refractivity contribution in [3.63, 3.8) is 0 Å². The number of nitrogens with zero attached hydrogens (tertiary/aromatic N) is 1. The fraction of sp³-hybridized carbons (Fsp3) is 0.429. The van der Waals surface area contributed by atoms with Crippen LogP contribution >= 0.6 is 0 Å². The summed E-state index contributed by atoms with van der Waals surface area (Å²) in [6.07, 6.45) is 0. The Kier molecular flexibility index (Phi) is 3.52. The molecule has 1 aliphatic rings. The number of amides is 2. The minimum absolute atomic E-state index is 0.0318. The van der Waals surface area contributed by atoms with Gasteiger partial charge in [-0.3, -0.25) is 14.9 Å². The van der Waals surface area contributed by atoms with E-state index in [2.05, 4.69) is 5.32 Å². The van der Waals surface area contributed by atoms with Gasteiger partial charge in [0.05, 0.1) is 6.54 Å². The second kappa shape index (κ2) is 4.86. The molecule has 1 aromatic carbocycles. The first-order valence-electron chi connectivity index (χ1n) is 6.40. The van der Waals surface area contributed by atoms with Gasteiger partial charge in [0.25, 0.3) is 5.91 Å². The van der Waals surface area contributed by atoms with E-state index in [-0.39, 0.29) is 18.4 Å². The number of benzene rings is 1. The van der Waals surface area contributed by atoms with Gasteiger partial charge in [0.2, 0.25) is 5.91 Å². The molecule has 2 rings (SSSR count). The Morgan fingerprint density at radius 3 is 2.65 bits per heavy atom. The maximum atomic E-state index is 13.4. The Bertz CT molecular complexity index is 570. The number of carbonyl (C=O) groups is 2. The molecule has 108 valence electrons. The van der Waals surface area contributed by atoms with Crippen LogP contribution in [-0.4, -0.2) is 23.9 Å². The van der Waals surface area contributed by atoms with Gasteiger partial charge in [-0.05, 0) is 44.5 Å². The molecular weight excluding hydrogens is 261 g/mol. The summed E-state index contributed by atoms with van der Waals surface area (Å²) in [7, 11) is 0. The van der Waals surface area contributed by atoms with E-state index in [9.17, 15) is 14.0 Å². The second-order valence-electron chi connectivity index (χ2n) is 5.51. The summed E-state index contributed by atoms with van der Waals surface area (Å²) in [4.78, 5) is 25.3. The average molecular weight is 279 g/mol. The molecule has 1 atom stereocenters. The Morgan fingerprint density at radius 1 is 1.40 bits per heavy atom. The smallest absolute Gasteiger partial charge is 0.251 e. The van der Waals surface area contributed by atoms with Gasteiger partial charge < -0.3 is 10.6 Å². The molecule has 1 fully saturated rings. The Labute approximate surface area is 116 Å². The van der Waals surface area contributed by atoms with Crippen molar-refractivity contribution in [1.29, 1.82) is 0 Å². The zero-order chi connectivity index (χ0) is 15.1. The van der Waals surface area contributed by atoms with Crippen molar-refractivity contribution in [3.05, 3.63) is 29.6 Å². The van der Waals surface area contributed by atoms with E-state index >= 15 is 0 Å². The largest absolute Gasteiger partial charge is 0.348 e. The summed E-state index contributed by atoms with van der Waals surface area (Å²) in [5.74, 6) is -1.16. The van der Waals surface area contributed by atoms with Crippen LogP contribution in [0.25, 0.3) is 0 Å². The first kappa shape index (κ1) is 14.5. The van der Waals surface area contributed by atoms with E-state index in [1.807, 2.05) is 0 Å². The third kappa shape index (κ3) is 2.38. The van der Waals surface area contributed by atoms with E-state index in [4.69, 9.17) is 5.73 Å². The zero-order valence-corrected chi connectivity index (χ0v) is 11.7. The van der Waals surface area contributed by atoms with Gasteiger partial charge in [0.1, 0.15) is 11.4 Å². The Morgan fingerprint density at radius 2 is 2.05 bits per heavy atom. The number of anilines is 1. The molecule has 0 radical (unpaired) electrons. The highest BCUT2D eigenvalue weighted by atomic mass is 19.1. The van der Waals surface area contributed by atoms with E-state index in [0.29, 0.717) is 11.3 Å². The predicted molar refractivity (Wildman–Crippen MR) is 73.6 cm³/mol. The lowest BCUT2D eigenvalue weighted by Gasteiger charge is -2.43. The maximum absolute atomic E-state index is 13.4. The highest BCUT2D eigenvalue weighted by molar-refractivity contribution is 6.06. The Hall–Kier alpha value is -1.95. The van der Waals surface area contributed by atoms with Crippen LogP contribution in [0.5, 0.6) is 0 Å². The number of rotatable bonds is 2. The number of nitrogens with one attached hydrogen (secondary N) is 1. The molecule has 6 heteroatoms. The van der Waals surface area contributed by atoms with Crippen LogP contribution in [0.1, 0.15) is 32.4 Å². The van der Waals surface area contributed by atoms with Gasteiger partial charge >= 0.3 is 0 Å². The molecular formula is C14H18FN3O2. The predicted octanol–water partition coefficient (Wildman–Crippen LogP) is 1.09. The summed E-state index contributed by atoms with van der Waals surface area (Å²) >= 11 is 0. The number of halogens is 1. The lowest BCUT2D eigenvalue weighted by atomic mass is 9.95. The molecule has 0 aromatic heterocycles. The first-order valence-corrected chi connectivity index (χ1v) is 6.40. The molecule has 0 aliphatic carbocycles. The van der Waals surface area contributed by atoms with Gasteiger partial charge in [-0.25, -0.2) is 4.39 Å². The molecule has 0 unspecified atom stereocenters. The van der Waals surface area contributed by atoms with Crippen molar-refractivity contribution >= 4 is 17.5 Å². The quantitative estimate of drug-likeness (QED) is 0.795. The normalized spacial score (nSPS) is 19.8. The highest BCUT2D eigenvalue weighted by Crippen LogP contribution is 2.32. The minimum Gasteiger partial charge on any atom is -0.348 e. The first-order chi connectivity index (χ1) is 9.23. The van der Waals surface area contributed by atoms with Crippen molar-refractivity contribution in [3.8, 4) is 0 Å². The molecule has 1 aliphatic heterocycles. The molecule has 0 saturated carbocycles. The van der Waals surface area contributed by atoms with Gasteiger partial charge in [-0.2, -0.15) is 0 Å². The van der Waals surface area contributed by atoms with Crippen molar-refractivity contribution in [2.75, 3.05) is 11.4 Å². The van der Waals surface area contributed by atoms with Crippen molar-refractivity contribution in [2.45, 2.75) is 32.4 Å². The maximum Gasteiger partial charge on any atom is 0.251 e. The molecule has 5 nitrogen and oxygen atoms in total.